The number of anilines is 1. The van der Waals surface area contributed by atoms with Gasteiger partial charge >= 0.3 is 0 Å². The first kappa shape index (κ1) is 20.3. The maximum Gasteiger partial charge on any atom is 0.165 e. The maximum absolute atomic E-state index is 9.12. The number of aliphatic hydroxyl groups excluding tert-OH is 1. The number of aliphatic hydroxyl groups is 1. The molecule has 4 aromatic rings. The molecule has 154 valence electrons. The fourth-order valence-electron chi connectivity index (χ4n) is 3.48. The lowest BCUT2D eigenvalue weighted by Crippen LogP contribution is -2.21. The molecule has 0 saturated heterocycles. The van der Waals surface area contributed by atoms with Crippen molar-refractivity contribution in [2.24, 2.45) is 0 Å². The topological polar surface area (TPSA) is 101 Å². The summed E-state index contributed by atoms with van der Waals surface area (Å²) in [7, 11) is 0. The van der Waals surface area contributed by atoms with Gasteiger partial charge in [0.2, 0.25) is 0 Å². The van der Waals surface area contributed by atoms with Crippen molar-refractivity contribution >= 4 is 38.3 Å². The van der Waals surface area contributed by atoms with E-state index in [1.165, 1.54) is 5.56 Å². The van der Waals surface area contributed by atoms with Gasteiger partial charge in [0.1, 0.15) is 5.82 Å². The predicted molar refractivity (Wildman–Crippen MR) is 123 cm³/mol. The van der Waals surface area contributed by atoms with Crippen LogP contribution < -0.4 is 11.1 Å². The molecule has 0 saturated carbocycles. The summed E-state index contributed by atoms with van der Waals surface area (Å²) < 4.78 is 2.30. The third-order valence-electron chi connectivity index (χ3n) is 5.04. The summed E-state index contributed by atoms with van der Waals surface area (Å²) in [4.78, 5) is 9.45. The van der Waals surface area contributed by atoms with E-state index in [1.807, 2.05) is 19.2 Å². The van der Waals surface area contributed by atoms with Crippen LogP contribution in [-0.2, 0) is 0 Å². The highest BCUT2D eigenvalue weighted by Gasteiger charge is 2.20. The van der Waals surface area contributed by atoms with E-state index in [0.29, 0.717) is 22.4 Å². The summed E-state index contributed by atoms with van der Waals surface area (Å²) in [5.41, 5.74) is 12.4. The summed E-state index contributed by atoms with van der Waals surface area (Å²) in [6.07, 6.45) is 4.06. The molecule has 0 aliphatic heterocycles. The minimum Gasteiger partial charge on any atom is -0.396 e. The first-order valence-electron chi connectivity index (χ1n) is 9.63. The van der Waals surface area contributed by atoms with E-state index in [1.54, 1.807) is 10.7 Å². The fraction of sp³-hybridized carbons (Fsp3) is 0.227. The van der Waals surface area contributed by atoms with E-state index in [2.05, 4.69) is 63.0 Å². The first-order valence-corrected chi connectivity index (χ1v) is 10.4. The van der Waals surface area contributed by atoms with E-state index in [4.69, 9.17) is 15.8 Å². The molecule has 1 atom stereocenters. The van der Waals surface area contributed by atoms with Crippen molar-refractivity contribution in [1.82, 2.24) is 24.9 Å². The van der Waals surface area contributed by atoms with Gasteiger partial charge in [0.15, 0.2) is 5.65 Å². The van der Waals surface area contributed by atoms with Crippen LogP contribution >= 0.6 is 15.9 Å². The number of hydrogen-bond donors (Lipinski definition) is 3. The Kier molecular flexibility index (Phi) is 5.44. The van der Waals surface area contributed by atoms with Gasteiger partial charge in [0.05, 0.1) is 27.9 Å². The molecule has 4 rings (SSSR count). The molecule has 0 aliphatic carbocycles. The molecule has 0 fully saturated rings. The number of fused-ring (bicyclic) bond motifs is 2. The zero-order chi connectivity index (χ0) is 21.4. The second kappa shape index (κ2) is 8.04. The van der Waals surface area contributed by atoms with E-state index < -0.39 is 0 Å². The standard InChI is InChI=1S/C22H23BrN6O/c1-12-4-5-18-15(8-12)9-16(10-25-18)17-11-26-29-21(24)19(23)20(28-22(17)29)14(3)27-13(2)6-7-30/h4-5,8-11,14,27,30H,2,6-7,24H2,1,3H3. The Morgan fingerprint density at radius 2 is 2.13 bits per heavy atom. The van der Waals surface area contributed by atoms with Crippen molar-refractivity contribution < 1.29 is 5.11 Å². The Bertz CT molecular complexity index is 1270. The van der Waals surface area contributed by atoms with Gasteiger partial charge in [-0.2, -0.15) is 9.61 Å². The summed E-state index contributed by atoms with van der Waals surface area (Å²) in [6.45, 7) is 8.02. The Balaban J connectivity index is 1.82. The number of rotatable bonds is 6. The number of nitrogens with two attached hydrogens (primary N) is 1. The van der Waals surface area contributed by atoms with Gasteiger partial charge in [0, 0.05) is 41.4 Å². The minimum absolute atomic E-state index is 0.0372. The molecule has 7 nitrogen and oxygen atoms in total. The Hall–Kier alpha value is -2.97. The zero-order valence-electron chi connectivity index (χ0n) is 16.9. The Morgan fingerprint density at radius 3 is 2.90 bits per heavy atom. The number of pyridine rings is 1. The second-order valence-corrected chi connectivity index (χ2v) is 8.15. The summed E-state index contributed by atoms with van der Waals surface area (Å²) in [5.74, 6) is 0.465. The van der Waals surface area contributed by atoms with E-state index >= 15 is 0 Å². The highest BCUT2D eigenvalue weighted by atomic mass is 79.9. The second-order valence-electron chi connectivity index (χ2n) is 7.35. The average Bonchev–Trinajstić information content (AvgIpc) is 3.14. The lowest BCUT2D eigenvalue weighted by Gasteiger charge is -2.19. The molecule has 0 radical (unpaired) electrons. The molecule has 0 bridgehead atoms. The molecule has 4 N–H and O–H groups in total. The predicted octanol–water partition coefficient (Wildman–Crippen LogP) is 4.14. The van der Waals surface area contributed by atoms with Crippen LogP contribution in [0.1, 0.15) is 30.6 Å². The van der Waals surface area contributed by atoms with Gasteiger partial charge in [-0.25, -0.2) is 4.98 Å². The lowest BCUT2D eigenvalue weighted by atomic mass is 10.1. The third-order valence-corrected chi connectivity index (χ3v) is 5.85. The third kappa shape index (κ3) is 3.64. The van der Waals surface area contributed by atoms with E-state index in [0.717, 1.165) is 33.4 Å². The van der Waals surface area contributed by atoms with Gasteiger partial charge in [-0.1, -0.05) is 18.2 Å². The Labute approximate surface area is 182 Å². The number of hydrogen-bond acceptors (Lipinski definition) is 6. The molecule has 30 heavy (non-hydrogen) atoms. The number of aromatic nitrogens is 4. The van der Waals surface area contributed by atoms with Crippen LogP contribution in [0.3, 0.4) is 0 Å². The van der Waals surface area contributed by atoms with Gasteiger partial charge < -0.3 is 16.2 Å². The van der Waals surface area contributed by atoms with Crippen LogP contribution in [0.4, 0.5) is 5.82 Å². The quantitative estimate of drug-likeness (QED) is 0.394. The number of nitrogens with zero attached hydrogens (tertiary/aromatic N) is 4. The number of aryl methyl sites for hydroxylation is 1. The summed E-state index contributed by atoms with van der Waals surface area (Å²) in [5, 5.41) is 17.9. The van der Waals surface area contributed by atoms with Crippen LogP contribution in [0.5, 0.6) is 0 Å². The van der Waals surface area contributed by atoms with Gasteiger partial charge in [-0.05, 0) is 48.0 Å². The van der Waals surface area contributed by atoms with Gasteiger partial charge in [0.25, 0.3) is 0 Å². The van der Waals surface area contributed by atoms with Crippen LogP contribution in [-0.4, -0.2) is 31.3 Å². The largest absolute Gasteiger partial charge is 0.396 e. The van der Waals surface area contributed by atoms with Crippen molar-refractivity contribution in [3.8, 4) is 11.1 Å². The van der Waals surface area contributed by atoms with Crippen molar-refractivity contribution in [2.75, 3.05) is 12.3 Å². The Morgan fingerprint density at radius 1 is 1.33 bits per heavy atom. The monoisotopic (exact) mass is 466 g/mol. The summed E-state index contributed by atoms with van der Waals surface area (Å²) in [6, 6.07) is 8.11. The molecule has 1 aromatic carbocycles. The van der Waals surface area contributed by atoms with E-state index in [9.17, 15) is 0 Å². The van der Waals surface area contributed by atoms with Crippen LogP contribution in [0, 0.1) is 6.92 Å². The van der Waals surface area contributed by atoms with Crippen LogP contribution in [0.2, 0.25) is 0 Å². The van der Waals surface area contributed by atoms with Crippen LogP contribution in [0.15, 0.2) is 53.4 Å². The van der Waals surface area contributed by atoms with E-state index in [-0.39, 0.29) is 12.6 Å². The number of halogens is 1. The fourth-order valence-corrected chi connectivity index (χ4v) is 4.08. The van der Waals surface area contributed by atoms with Crippen molar-refractivity contribution in [3.05, 3.63) is 64.7 Å². The number of benzene rings is 1. The molecule has 1 unspecified atom stereocenters. The molecule has 8 heteroatoms. The number of nitrogen functional groups attached to an aromatic ring is 1. The zero-order valence-corrected chi connectivity index (χ0v) is 18.4. The maximum atomic E-state index is 9.12. The SMILES string of the molecule is C=C(CCO)NC(C)c1nc2c(-c3cnc4ccc(C)cc4c3)cnn2c(N)c1Br. The minimum atomic E-state index is -0.161. The highest BCUT2D eigenvalue weighted by Crippen LogP contribution is 2.33. The molecular weight excluding hydrogens is 444 g/mol. The van der Waals surface area contributed by atoms with Gasteiger partial charge in [-0.15, -0.1) is 0 Å². The molecular formula is C22H23BrN6O. The normalized spacial score (nSPS) is 12.4. The molecule has 0 aliphatic rings. The smallest absolute Gasteiger partial charge is 0.165 e. The first-order chi connectivity index (χ1) is 14.4. The molecule has 0 spiro atoms. The average molecular weight is 467 g/mol. The highest BCUT2D eigenvalue weighted by molar-refractivity contribution is 9.10. The van der Waals surface area contributed by atoms with Crippen LogP contribution in [0.25, 0.3) is 27.7 Å². The summed E-state index contributed by atoms with van der Waals surface area (Å²) >= 11 is 3.56. The molecule has 0 amide bonds. The lowest BCUT2D eigenvalue weighted by molar-refractivity contribution is 0.295. The van der Waals surface area contributed by atoms with Crippen molar-refractivity contribution in [1.29, 1.82) is 0 Å². The van der Waals surface area contributed by atoms with Gasteiger partial charge in [-0.3, -0.25) is 4.98 Å². The number of nitrogens with one attached hydrogen (secondary N) is 1. The van der Waals surface area contributed by atoms with Crippen molar-refractivity contribution in [3.63, 3.8) is 0 Å². The molecule has 3 heterocycles. The van der Waals surface area contributed by atoms with Crippen molar-refractivity contribution in [2.45, 2.75) is 26.3 Å². The molecule has 3 aromatic heterocycles.